The summed E-state index contributed by atoms with van der Waals surface area (Å²) in [6.45, 7) is 13.9. The largest absolute Gasteiger partial charge is 0.480 e. The van der Waals surface area contributed by atoms with E-state index in [4.69, 9.17) is 4.74 Å². The van der Waals surface area contributed by atoms with E-state index in [1.54, 1.807) is 13.0 Å². The number of hydrogen-bond acceptors (Lipinski definition) is 5. The van der Waals surface area contributed by atoms with E-state index in [1.165, 1.54) is 11.1 Å². The number of hydrogen-bond donors (Lipinski definition) is 1. The van der Waals surface area contributed by atoms with Crippen molar-refractivity contribution in [2.24, 2.45) is 0 Å². The molecule has 0 aliphatic carbocycles. The summed E-state index contributed by atoms with van der Waals surface area (Å²) in [7, 11) is 1.89. The summed E-state index contributed by atoms with van der Waals surface area (Å²) in [5.74, 6) is -0.809. The maximum absolute atomic E-state index is 13.0. The molecule has 1 saturated heterocycles. The van der Waals surface area contributed by atoms with Gasteiger partial charge in [0.1, 0.15) is 12.6 Å². The van der Waals surface area contributed by atoms with Gasteiger partial charge in [-0.2, -0.15) is 0 Å². The minimum absolute atomic E-state index is 0.118. The molecule has 1 heterocycles. The quantitative estimate of drug-likeness (QED) is 0.349. The van der Waals surface area contributed by atoms with Gasteiger partial charge in [-0.15, -0.1) is 6.58 Å². The lowest BCUT2D eigenvalue weighted by molar-refractivity contribution is -0.142. The number of amides is 1. The number of aliphatic carboxylic acids is 1. The van der Waals surface area contributed by atoms with Crippen molar-refractivity contribution in [1.29, 1.82) is 0 Å². The zero-order valence-electron chi connectivity index (χ0n) is 24.0. The average Bonchev–Trinajstić information content (AvgIpc) is 2.94. The molecule has 1 amide bonds. The van der Waals surface area contributed by atoms with Gasteiger partial charge in [-0.3, -0.25) is 9.69 Å². The molecule has 3 rings (SSSR count). The van der Waals surface area contributed by atoms with Crippen LogP contribution < -0.4 is 0 Å². The maximum atomic E-state index is 13.0. The number of carboxylic acids is 1. The molecule has 1 N–H and O–H groups in total. The molecule has 7 nitrogen and oxygen atoms in total. The second kappa shape index (κ2) is 14.3. The van der Waals surface area contributed by atoms with E-state index in [1.807, 2.05) is 66.2 Å². The molecule has 1 aliphatic heterocycles. The van der Waals surface area contributed by atoms with Crippen LogP contribution in [0.15, 0.2) is 67.3 Å². The van der Waals surface area contributed by atoms with Gasteiger partial charge in [0.25, 0.3) is 0 Å². The standard InChI is InChI=1S/C32H45N3O4/c1-6-19-35(31(38)39-23-27-14-12-25(2)13-15-27)29-16-20-34(21-17-29)22-18-32(4,28-10-8-7-9-11-28)24-33(5)26(3)30(36)37/h6-15,26,29H,1,16-24H2,2-5H3,(H,36,37). The van der Waals surface area contributed by atoms with Gasteiger partial charge in [-0.1, -0.05) is 73.2 Å². The van der Waals surface area contributed by atoms with Gasteiger partial charge in [-0.25, -0.2) is 4.79 Å². The first kappa shape index (κ1) is 30.4. The Labute approximate surface area is 234 Å². The van der Waals surface area contributed by atoms with E-state index in [9.17, 15) is 14.7 Å². The molecule has 2 atom stereocenters. The Morgan fingerprint density at radius 2 is 1.79 bits per heavy atom. The Hall–Kier alpha value is -3.16. The van der Waals surface area contributed by atoms with Crippen LogP contribution >= 0.6 is 0 Å². The molecule has 0 spiro atoms. The number of piperidine rings is 1. The fraction of sp³-hybridized carbons (Fsp3) is 0.500. The fourth-order valence-electron chi connectivity index (χ4n) is 5.31. The number of likely N-dealkylation sites (tertiary alicyclic amines) is 1. The smallest absolute Gasteiger partial charge is 0.410 e. The summed E-state index contributed by atoms with van der Waals surface area (Å²) in [6, 6.07) is 18.0. The third kappa shape index (κ3) is 8.67. The van der Waals surface area contributed by atoms with Crippen LogP contribution in [0.5, 0.6) is 0 Å². The second-order valence-corrected chi connectivity index (χ2v) is 11.2. The highest BCUT2D eigenvalue weighted by Gasteiger charge is 2.33. The van der Waals surface area contributed by atoms with Gasteiger partial charge in [0.15, 0.2) is 0 Å². The van der Waals surface area contributed by atoms with Crippen LogP contribution in [0.25, 0.3) is 0 Å². The predicted molar refractivity (Wildman–Crippen MR) is 156 cm³/mol. The lowest BCUT2D eigenvalue weighted by Crippen LogP contribution is -2.49. The topological polar surface area (TPSA) is 73.3 Å². The summed E-state index contributed by atoms with van der Waals surface area (Å²) < 4.78 is 5.66. The first-order valence-corrected chi connectivity index (χ1v) is 13.9. The number of benzene rings is 2. The molecular formula is C32H45N3O4. The third-order valence-corrected chi connectivity index (χ3v) is 8.11. The number of rotatable bonds is 13. The second-order valence-electron chi connectivity index (χ2n) is 11.2. The summed E-state index contributed by atoms with van der Waals surface area (Å²) in [5.41, 5.74) is 3.19. The van der Waals surface area contributed by atoms with Gasteiger partial charge in [-0.05, 0) is 57.8 Å². The zero-order chi connectivity index (χ0) is 28.4. The first-order chi connectivity index (χ1) is 18.6. The van der Waals surface area contributed by atoms with E-state index < -0.39 is 12.0 Å². The van der Waals surface area contributed by atoms with Crippen LogP contribution in [0, 0.1) is 6.92 Å². The molecule has 0 saturated carbocycles. The van der Waals surface area contributed by atoms with Gasteiger partial charge in [0.05, 0.1) is 0 Å². The van der Waals surface area contributed by atoms with Gasteiger partial charge < -0.3 is 19.6 Å². The summed E-state index contributed by atoms with van der Waals surface area (Å²) >= 11 is 0. The van der Waals surface area contributed by atoms with Crippen molar-refractivity contribution in [3.05, 3.63) is 83.9 Å². The van der Waals surface area contributed by atoms with E-state index >= 15 is 0 Å². The first-order valence-electron chi connectivity index (χ1n) is 13.9. The molecular weight excluding hydrogens is 490 g/mol. The number of ether oxygens (including phenoxy) is 1. The van der Waals surface area contributed by atoms with Crippen LogP contribution in [0.4, 0.5) is 4.79 Å². The fourth-order valence-corrected chi connectivity index (χ4v) is 5.31. The molecule has 1 aliphatic rings. The van der Waals surface area contributed by atoms with Crippen LogP contribution in [0.1, 0.15) is 49.8 Å². The minimum Gasteiger partial charge on any atom is -0.480 e. The molecule has 2 unspecified atom stereocenters. The molecule has 212 valence electrons. The monoisotopic (exact) mass is 535 g/mol. The van der Waals surface area contributed by atoms with Crippen molar-refractivity contribution in [3.63, 3.8) is 0 Å². The van der Waals surface area contributed by atoms with Gasteiger partial charge in [0, 0.05) is 37.6 Å². The van der Waals surface area contributed by atoms with Crippen molar-refractivity contribution in [3.8, 4) is 0 Å². The highest BCUT2D eigenvalue weighted by atomic mass is 16.6. The van der Waals surface area contributed by atoms with Gasteiger partial charge >= 0.3 is 12.1 Å². The van der Waals surface area contributed by atoms with Crippen LogP contribution in [-0.2, 0) is 21.6 Å². The number of carbonyl (C=O) groups is 2. The van der Waals surface area contributed by atoms with Gasteiger partial charge in [0.2, 0.25) is 0 Å². The Morgan fingerprint density at radius 1 is 1.15 bits per heavy atom. The maximum Gasteiger partial charge on any atom is 0.410 e. The van der Waals surface area contributed by atoms with Crippen molar-refractivity contribution in [2.45, 2.75) is 64.1 Å². The molecule has 0 aromatic heterocycles. The van der Waals surface area contributed by atoms with E-state index in [0.29, 0.717) is 13.1 Å². The molecule has 7 heteroatoms. The van der Waals surface area contributed by atoms with E-state index in [0.717, 1.165) is 44.5 Å². The summed E-state index contributed by atoms with van der Waals surface area (Å²) in [4.78, 5) is 30.8. The normalized spacial score (nSPS) is 16.8. The minimum atomic E-state index is -0.809. The Bertz CT molecular complexity index is 1070. The number of aryl methyl sites for hydroxylation is 1. The highest BCUT2D eigenvalue weighted by molar-refractivity contribution is 5.72. The lowest BCUT2D eigenvalue weighted by atomic mass is 9.78. The predicted octanol–water partition coefficient (Wildman–Crippen LogP) is 5.34. The van der Waals surface area contributed by atoms with Crippen LogP contribution in [0.3, 0.4) is 0 Å². The molecule has 0 bridgehead atoms. The lowest BCUT2D eigenvalue weighted by Gasteiger charge is -2.40. The van der Waals surface area contributed by atoms with Crippen LogP contribution in [-0.4, -0.2) is 83.7 Å². The molecule has 2 aromatic carbocycles. The summed E-state index contributed by atoms with van der Waals surface area (Å²) in [5, 5.41) is 9.51. The number of nitrogens with zero attached hydrogens (tertiary/aromatic N) is 3. The number of carboxylic acid groups (broad SMARTS) is 1. The van der Waals surface area contributed by atoms with E-state index in [2.05, 4.69) is 30.5 Å². The Balaban J connectivity index is 1.57. The molecule has 39 heavy (non-hydrogen) atoms. The number of likely N-dealkylation sites (N-methyl/N-ethyl adjacent to an activating group) is 1. The SMILES string of the molecule is C=CCN(C(=O)OCc1ccc(C)cc1)C1CCN(CCC(C)(CN(C)C(C)C(=O)O)c2ccccc2)CC1. The zero-order valence-corrected chi connectivity index (χ0v) is 24.0. The van der Waals surface area contributed by atoms with E-state index in [-0.39, 0.29) is 24.2 Å². The molecule has 1 fully saturated rings. The average molecular weight is 536 g/mol. The highest BCUT2D eigenvalue weighted by Crippen LogP contribution is 2.30. The summed E-state index contributed by atoms with van der Waals surface area (Å²) in [6.07, 6.45) is 4.14. The van der Waals surface area contributed by atoms with Crippen molar-refractivity contribution < 1.29 is 19.4 Å². The Morgan fingerprint density at radius 3 is 2.38 bits per heavy atom. The van der Waals surface area contributed by atoms with Crippen molar-refractivity contribution in [1.82, 2.24) is 14.7 Å². The van der Waals surface area contributed by atoms with Crippen molar-refractivity contribution in [2.75, 3.05) is 39.8 Å². The molecule has 0 radical (unpaired) electrons. The van der Waals surface area contributed by atoms with Crippen molar-refractivity contribution >= 4 is 12.1 Å². The van der Waals surface area contributed by atoms with Crippen LogP contribution in [0.2, 0.25) is 0 Å². The third-order valence-electron chi connectivity index (χ3n) is 8.11. The number of carbonyl (C=O) groups excluding carboxylic acids is 1. The Kier molecular flexibility index (Phi) is 11.1. The molecule has 2 aromatic rings.